The summed E-state index contributed by atoms with van der Waals surface area (Å²) in [5, 5.41) is 4.34. The summed E-state index contributed by atoms with van der Waals surface area (Å²) in [6.45, 7) is 4.59. The van der Waals surface area contributed by atoms with Crippen LogP contribution in [0.15, 0.2) is 12.1 Å². The first-order chi connectivity index (χ1) is 8.15. The van der Waals surface area contributed by atoms with Gasteiger partial charge < -0.3 is 10.1 Å². The van der Waals surface area contributed by atoms with Gasteiger partial charge in [-0.25, -0.2) is 0 Å². The first-order valence-electron chi connectivity index (χ1n) is 6.22. The highest BCUT2D eigenvalue weighted by Gasteiger charge is 2.43. The SMILES string of the molecule is COc1ccc2c(c1Cl)CC[C@@]1(C)CNC[C@H]21.Cl. The van der Waals surface area contributed by atoms with Gasteiger partial charge in [0.2, 0.25) is 0 Å². The van der Waals surface area contributed by atoms with Gasteiger partial charge in [-0.1, -0.05) is 24.6 Å². The maximum atomic E-state index is 6.42. The molecule has 4 heteroatoms. The molecular weight excluding hydrogens is 269 g/mol. The Labute approximate surface area is 119 Å². The van der Waals surface area contributed by atoms with Crippen LogP contribution >= 0.6 is 24.0 Å². The number of ether oxygens (including phenoxy) is 1. The fourth-order valence-electron chi connectivity index (χ4n) is 3.38. The lowest BCUT2D eigenvalue weighted by atomic mass is 9.67. The van der Waals surface area contributed by atoms with Gasteiger partial charge in [-0.05, 0) is 35.4 Å². The second-order valence-corrected chi connectivity index (χ2v) is 5.87. The maximum absolute atomic E-state index is 6.42. The van der Waals surface area contributed by atoms with E-state index in [-0.39, 0.29) is 12.4 Å². The number of hydrogen-bond donors (Lipinski definition) is 1. The van der Waals surface area contributed by atoms with Crippen molar-refractivity contribution in [2.75, 3.05) is 20.2 Å². The lowest BCUT2D eigenvalue weighted by Gasteiger charge is -2.37. The molecule has 3 rings (SSSR count). The van der Waals surface area contributed by atoms with Crippen LogP contribution in [-0.2, 0) is 6.42 Å². The van der Waals surface area contributed by atoms with Crippen molar-refractivity contribution >= 4 is 24.0 Å². The smallest absolute Gasteiger partial charge is 0.137 e. The molecule has 2 nitrogen and oxygen atoms in total. The van der Waals surface area contributed by atoms with Crippen molar-refractivity contribution in [3.05, 3.63) is 28.3 Å². The molecule has 1 aromatic rings. The number of hydrogen-bond acceptors (Lipinski definition) is 2. The molecule has 100 valence electrons. The van der Waals surface area contributed by atoms with E-state index in [4.69, 9.17) is 16.3 Å². The molecule has 2 atom stereocenters. The van der Waals surface area contributed by atoms with Gasteiger partial charge in [0.05, 0.1) is 12.1 Å². The number of methoxy groups -OCH3 is 1. The number of nitrogens with one attached hydrogen (secondary N) is 1. The number of fused-ring (bicyclic) bond motifs is 3. The minimum absolute atomic E-state index is 0. The summed E-state index contributed by atoms with van der Waals surface area (Å²) in [5.41, 5.74) is 3.14. The summed E-state index contributed by atoms with van der Waals surface area (Å²) in [4.78, 5) is 0. The first kappa shape index (κ1) is 14.0. The number of halogens is 2. The Kier molecular flexibility index (Phi) is 3.82. The van der Waals surface area contributed by atoms with Gasteiger partial charge in [0.15, 0.2) is 0 Å². The Morgan fingerprint density at radius 3 is 2.94 bits per heavy atom. The molecule has 18 heavy (non-hydrogen) atoms. The van der Waals surface area contributed by atoms with Crippen molar-refractivity contribution in [2.24, 2.45) is 5.41 Å². The lowest BCUT2D eigenvalue weighted by molar-refractivity contribution is 0.277. The minimum atomic E-state index is 0. The Bertz CT molecular complexity index is 463. The van der Waals surface area contributed by atoms with Crippen molar-refractivity contribution in [1.82, 2.24) is 5.32 Å². The van der Waals surface area contributed by atoms with Crippen LogP contribution in [0.4, 0.5) is 0 Å². The van der Waals surface area contributed by atoms with E-state index in [0.29, 0.717) is 11.3 Å². The van der Waals surface area contributed by atoms with Crippen molar-refractivity contribution in [3.63, 3.8) is 0 Å². The molecular formula is C14H19Cl2NO. The molecule has 1 heterocycles. The topological polar surface area (TPSA) is 21.3 Å². The van der Waals surface area contributed by atoms with Gasteiger partial charge in [-0.2, -0.15) is 0 Å². The predicted octanol–water partition coefficient (Wildman–Crippen LogP) is 3.41. The van der Waals surface area contributed by atoms with Gasteiger partial charge in [-0.15, -0.1) is 12.4 Å². The van der Waals surface area contributed by atoms with E-state index >= 15 is 0 Å². The number of benzene rings is 1. The van der Waals surface area contributed by atoms with Crippen LogP contribution in [0, 0.1) is 5.41 Å². The highest BCUT2D eigenvalue weighted by atomic mass is 35.5. The van der Waals surface area contributed by atoms with Crippen molar-refractivity contribution in [3.8, 4) is 5.75 Å². The summed E-state index contributed by atoms with van der Waals surface area (Å²) in [5.74, 6) is 1.41. The third kappa shape index (κ3) is 1.91. The quantitative estimate of drug-likeness (QED) is 0.855. The van der Waals surface area contributed by atoms with E-state index < -0.39 is 0 Å². The third-order valence-corrected chi connectivity index (χ3v) is 4.92. The zero-order valence-electron chi connectivity index (χ0n) is 10.8. The van der Waals surface area contributed by atoms with Crippen molar-refractivity contribution < 1.29 is 4.74 Å². The Hall–Kier alpha value is -0.440. The second kappa shape index (κ2) is 4.92. The molecule has 1 aliphatic carbocycles. The van der Waals surface area contributed by atoms with Crippen LogP contribution in [0.5, 0.6) is 5.75 Å². The summed E-state index contributed by atoms with van der Waals surface area (Å²) >= 11 is 6.42. The summed E-state index contributed by atoms with van der Waals surface area (Å²) < 4.78 is 5.30. The van der Waals surface area contributed by atoms with Gasteiger partial charge in [0, 0.05) is 19.0 Å². The molecule has 0 bridgehead atoms. The standard InChI is InChI=1S/C14H18ClNO.ClH/c1-14-6-5-10-9(11(14)7-16-8-14)3-4-12(17-2)13(10)15;/h3-4,11,16H,5-8H2,1-2H3;1H/t11-,14+;/m1./s1. The van der Waals surface area contributed by atoms with Crippen LogP contribution < -0.4 is 10.1 Å². The number of rotatable bonds is 1. The molecule has 1 fully saturated rings. The third-order valence-electron chi connectivity index (χ3n) is 4.50. The Morgan fingerprint density at radius 2 is 2.22 bits per heavy atom. The highest BCUT2D eigenvalue weighted by molar-refractivity contribution is 6.33. The van der Waals surface area contributed by atoms with Crippen LogP contribution in [0.25, 0.3) is 0 Å². The molecule has 0 unspecified atom stereocenters. The molecule has 0 radical (unpaired) electrons. The zero-order chi connectivity index (χ0) is 12.0. The maximum Gasteiger partial charge on any atom is 0.137 e. The summed E-state index contributed by atoms with van der Waals surface area (Å²) in [6.07, 6.45) is 2.28. The molecule has 0 saturated carbocycles. The van der Waals surface area contributed by atoms with Crippen LogP contribution in [0.1, 0.15) is 30.4 Å². The lowest BCUT2D eigenvalue weighted by Crippen LogP contribution is -2.30. The molecule has 0 amide bonds. The zero-order valence-corrected chi connectivity index (χ0v) is 12.3. The van der Waals surface area contributed by atoms with Crippen LogP contribution in [0.2, 0.25) is 5.02 Å². The average Bonchev–Trinajstić information content (AvgIpc) is 2.71. The molecule has 1 saturated heterocycles. The molecule has 2 aliphatic rings. The van der Waals surface area contributed by atoms with Crippen LogP contribution in [-0.4, -0.2) is 20.2 Å². The van der Waals surface area contributed by atoms with Gasteiger partial charge >= 0.3 is 0 Å². The van der Waals surface area contributed by atoms with Crippen molar-refractivity contribution in [2.45, 2.75) is 25.7 Å². The van der Waals surface area contributed by atoms with E-state index in [1.54, 1.807) is 7.11 Å². The van der Waals surface area contributed by atoms with Gasteiger partial charge in [-0.3, -0.25) is 0 Å². The normalized spacial score (nSPS) is 29.2. The first-order valence-corrected chi connectivity index (χ1v) is 6.59. The monoisotopic (exact) mass is 287 g/mol. The fourth-order valence-corrected chi connectivity index (χ4v) is 3.73. The summed E-state index contributed by atoms with van der Waals surface area (Å²) in [7, 11) is 1.68. The highest BCUT2D eigenvalue weighted by Crippen LogP contribution is 2.50. The van der Waals surface area contributed by atoms with E-state index in [1.165, 1.54) is 17.5 Å². The van der Waals surface area contributed by atoms with Crippen LogP contribution in [0.3, 0.4) is 0 Å². The predicted molar refractivity (Wildman–Crippen MR) is 77.3 cm³/mol. The average molecular weight is 288 g/mol. The minimum Gasteiger partial charge on any atom is -0.495 e. The largest absolute Gasteiger partial charge is 0.495 e. The molecule has 1 aliphatic heterocycles. The summed E-state index contributed by atoms with van der Waals surface area (Å²) in [6, 6.07) is 4.21. The van der Waals surface area contributed by atoms with E-state index in [2.05, 4.69) is 18.3 Å². The molecule has 1 N–H and O–H groups in total. The van der Waals surface area contributed by atoms with Gasteiger partial charge in [0.1, 0.15) is 5.75 Å². The molecule has 0 aromatic heterocycles. The Morgan fingerprint density at radius 1 is 1.44 bits per heavy atom. The van der Waals surface area contributed by atoms with Gasteiger partial charge in [0.25, 0.3) is 0 Å². The molecule has 1 aromatic carbocycles. The van der Waals surface area contributed by atoms with E-state index in [9.17, 15) is 0 Å². The fraction of sp³-hybridized carbons (Fsp3) is 0.571. The van der Waals surface area contributed by atoms with Crippen molar-refractivity contribution in [1.29, 1.82) is 0 Å². The van der Waals surface area contributed by atoms with E-state index in [1.807, 2.05) is 6.07 Å². The molecule has 0 spiro atoms. The van der Waals surface area contributed by atoms with E-state index in [0.717, 1.165) is 30.3 Å². The second-order valence-electron chi connectivity index (χ2n) is 5.49. The Balaban J connectivity index is 0.00000120.